The number of aromatic hydroxyl groups is 2. The van der Waals surface area contributed by atoms with Crippen LogP contribution in [0.3, 0.4) is 0 Å². The lowest BCUT2D eigenvalue weighted by atomic mass is 10.0. The quantitative estimate of drug-likeness (QED) is 0.227. The Bertz CT molecular complexity index is 1780. The molecule has 4 aromatic carbocycles. The number of hydrogen-bond acceptors (Lipinski definition) is 4. The smallest absolute Gasteiger partial charge is 0.149 e. The van der Waals surface area contributed by atoms with E-state index in [9.17, 15) is 19.0 Å². The Morgan fingerprint density at radius 3 is 1.53 bits per heavy atom. The Kier molecular flexibility index (Phi) is 7.09. The third-order valence-electron chi connectivity index (χ3n) is 5.89. The molecule has 0 bridgehead atoms. The van der Waals surface area contributed by atoms with E-state index in [1.165, 1.54) is 12.3 Å². The van der Waals surface area contributed by atoms with Gasteiger partial charge in [0.25, 0.3) is 0 Å². The van der Waals surface area contributed by atoms with Gasteiger partial charge in [0.1, 0.15) is 34.2 Å². The minimum Gasteiger partial charge on any atom is -0.505 e. The third kappa shape index (κ3) is 4.96. The minimum atomic E-state index is -0.725. The molecule has 0 amide bonds. The highest BCUT2D eigenvalue weighted by atomic mass is 35.5. The average Bonchev–Trinajstić information content (AvgIpc) is 2.93. The second-order valence-electron chi connectivity index (χ2n) is 8.33. The highest BCUT2D eigenvalue weighted by Gasteiger charge is 2.15. The van der Waals surface area contributed by atoms with Gasteiger partial charge in [-0.3, -0.25) is 9.97 Å². The zero-order valence-corrected chi connectivity index (χ0v) is 21.1. The largest absolute Gasteiger partial charge is 0.505 e. The first kappa shape index (κ1) is 25.4. The van der Waals surface area contributed by atoms with Gasteiger partial charge in [-0.05, 0) is 59.7 Å². The first-order chi connectivity index (χ1) is 18.3. The number of nitrogens with zero attached hydrogens (tertiary/aromatic N) is 2. The predicted octanol–water partition coefficient (Wildman–Crippen LogP) is 8.80. The van der Waals surface area contributed by atoms with Crippen molar-refractivity contribution in [3.05, 3.63) is 119 Å². The summed E-state index contributed by atoms with van der Waals surface area (Å²) in [4.78, 5) is 8.24. The van der Waals surface area contributed by atoms with Crippen molar-refractivity contribution in [3.8, 4) is 33.8 Å². The molecule has 0 fully saturated rings. The van der Waals surface area contributed by atoms with E-state index in [-0.39, 0.29) is 22.6 Å². The highest BCUT2D eigenvalue weighted by molar-refractivity contribution is 6.36. The van der Waals surface area contributed by atoms with E-state index in [1.54, 1.807) is 30.5 Å². The van der Waals surface area contributed by atoms with Crippen molar-refractivity contribution in [2.24, 2.45) is 0 Å². The fourth-order valence-corrected chi connectivity index (χ4v) is 4.66. The molecule has 0 aliphatic carbocycles. The van der Waals surface area contributed by atoms with Gasteiger partial charge in [0, 0.05) is 40.4 Å². The van der Waals surface area contributed by atoms with Gasteiger partial charge in [0.2, 0.25) is 0 Å². The van der Waals surface area contributed by atoms with Crippen molar-refractivity contribution in [2.45, 2.75) is 0 Å². The molecule has 6 rings (SSSR count). The molecule has 2 aromatic heterocycles. The zero-order chi connectivity index (χ0) is 26.8. The molecule has 0 unspecified atom stereocenters. The summed E-state index contributed by atoms with van der Waals surface area (Å²) in [6.45, 7) is 0. The van der Waals surface area contributed by atoms with Gasteiger partial charge in [-0.2, -0.15) is 0 Å². The first-order valence-corrected chi connectivity index (χ1v) is 12.1. The molecule has 4 nitrogen and oxygen atoms in total. The SMILES string of the molecule is Oc1c(-c2cc(F)cc(F)c2)cc(Cl)c2cccnc12.Oc1c(-c2ccccc2)cc(Cl)c2cccnc12. The lowest BCUT2D eigenvalue weighted by molar-refractivity contribution is 0.481. The number of rotatable bonds is 2. The number of phenolic OH excluding ortho intramolecular Hbond substituents is 2. The Hall–Kier alpha value is -4.26. The normalized spacial score (nSPS) is 10.8. The average molecular weight is 547 g/mol. The van der Waals surface area contributed by atoms with E-state index >= 15 is 0 Å². The lowest BCUT2D eigenvalue weighted by Gasteiger charge is -2.09. The van der Waals surface area contributed by atoms with E-state index < -0.39 is 11.6 Å². The maximum absolute atomic E-state index is 13.3. The van der Waals surface area contributed by atoms with E-state index in [0.717, 1.165) is 29.1 Å². The van der Waals surface area contributed by atoms with Gasteiger partial charge >= 0.3 is 0 Å². The molecule has 0 saturated carbocycles. The Labute approximate surface area is 226 Å². The summed E-state index contributed by atoms with van der Waals surface area (Å²) >= 11 is 12.4. The number of fused-ring (bicyclic) bond motifs is 2. The second-order valence-corrected chi connectivity index (χ2v) is 9.15. The molecule has 2 heterocycles. The van der Waals surface area contributed by atoms with Crippen LogP contribution in [0.4, 0.5) is 8.78 Å². The van der Waals surface area contributed by atoms with Crippen LogP contribution in [-0.2, 0) is 0 Å². The first-order valence-electron chi connectivity index (χ1n) is 11.4. The summed E-state index contributed by atoms with van der Waals surface area (Å²) < 4.78 is 26.6. The summed E-state index contributed by atoms with van der Waals surface area (Å²) in [5.74, 6) is -1.44. The monoisotopic (exact) mass is 546 g/mol. The molecule has 0 saturated heterocycles. The summed E-state index contributed by atoms with van der Waals surface area (Å²) in [7, 11) is 0. The van der Waals surface area contributed by atoms with Crippen LogP contribution in [0.2, 0.25) is 10.0 Å². The third-order valence-corrected chi connectivity index (χ3v) is 6.51. The molecule has 6 aromatic rings. The molecule has 0 aliphatic rings. The Balaban J connectivity index is 0.000000156. The maximum Gasteiger partial charge on any atom is 0.149 e. The zero-order valence-electron chi connectivity index (χ0n) is 19.5. The van der Waals surface area contributed by atoms with Crippen LogP contribution < -0.4 is 0 Å². The molecule has 188 valence electrons. The summed E-state index contributed by atoms with van der Waals surface area (Å²) in [5.41, 5.74) is 2.88. The van der Waals surface area contributed by atoms with Crippen molar-refractivity contribution in [2.75, 3.05) is 0 Å². The fourth-order valence-electron chi connectivity index (χ4n) is 4.14. The molecule has 2 N–H and O–H groups in total. The van der Waals surface area contributed by atoms with Crippen LogP contribution >= 0.6 is 23.2 Å². The summed E-state index contributed by atoms with van der Waals surface area (Å²) in [5, 5.41) is 22.8. The van der Waals surface area contributed by atoms with Crippen LogP contribution in [0, 0.1) is 11.6 Å². The lowest BCUT2D eigenvalue weighted by Crippen LogP contribution is -1.88. The van der Waals surface area contributed by atoms with Crippen LogP contribution in [0.5, 0.6) is 11.5 Å². The van der Waals surface area contributed by atoms with Crippen molar-refractivity contribution >= 4 is 45.0 Å². The maximum atomic E-state index is 13.3. The van der Waals surface area contributed by atoms with Crippen molar-refractivity contribution in [1.29, 1.82) is 0 Å². The predicted molar refractivity (Wildman–Crippen MR) is 148 cm³/mol. The number of hydrogen-bond donors (Lipinski definition) is 2. The molecule has 0 atom stereocenters. The minimum absolute atomic E-state index is 0.157. The van der Waals surface area contributed by atoms with Crippen LogP contribution in [-0.4, -0.2) is 20.2 Å². The molecule has 38 heavy (non-hydrogen) atoms. The van der Waals surface area contributed by atoms with Gasteiger partial charge in [0.05, 0.1) is 10.0 Å². The summed E-state index contributed by atoms with van der Waals surface area (Å²) in [6, 6.07) is 22.9. The summed E-state index contributed by atoms with van der Waals surface area (Å²) in [6.07, 6.45) is 3.15. The number of benzene rings is 4. The number of pyridine rings is 2. The number of phenols is 2. The molecule has 0 spiro atoms. The van der Waals surface area contributed by atoms with Gasteiger partial charge < -0.3 is 10.2 Å². The van der Waals surface area contributed by atoms with Gasteiger partial charge in [-0.1, -0.05) is 53.5 Å². The van der Waals surface area contributed by atoms with Crippen molar-refractivity contribution in [3.63, 3.8) is 0 Å². The Morgan fingerprint density at radius 1 is 0.553 bits per heavy atom. The van der Waals surface area contributed by atoms with Gasteiger partial charge in [-0.25, -0.2) is 8.78 Å². The van der Waals surface area contributed by atoms with Gasteiger partial charge in [0.15, 0.2) is 0 Å². The van der Waals surface area contributed by atoms with Crippen LogP contribution in [0.25, 0.3) is 44.1 Å². The van der Waals surface area contributed by atoms with E-state index in [2.05, 4.69) is 9.97 Å². The Morgan fingerprint density at radius 2 is 1.03 bits per heavy atom. The highest BCUT2D eigenvalue weighted by Crippen LogP contribution is 2.40. The molecular formula is C30H18Cl2F2N2O2. The standard InChI is InChI=1S/C15H8ClF2NO.C15H10ClNO/c16-13-7-12(8-4-9(17)6-10(18)5-8)15(20)14-11(13)2-1-3-19-14;16-13-9-12(10-5-2-1-3-6-10)15(18)14-11(13)7-4-8-17-14/h1-7,20H;1-9,18H. The number of aromatic nitrogens is 2. The van der Waals surface area contributed by atoms with Crippen LogP contribution in [0.1, 0.15) is 0 Å². The van der Waals surface area contributed by atoms with E-state index in [0.29, 0.717) is 32.0 Å². The van der Waals surface area contributed by atoms with Gasteiger partial charge in [-0.15, -0.1) is 0 Å². The van der Waals surface area contributed by atoms with Crippen LogP contribution in [0.15, 0.2) is 97.3 Å². The van der Waals surface area contributed by atoms with E-state index in [4.69, 9.17) is 23.2 Å². The number of halogens is 4. The van der Waals surface area contributed by atoms with E-state index in [1.807, 2.05) is 36.4 Å². The van der Waals surface area contributed by atoms with Crippen molar-refractivity contribution < 1.29 is 19.0 Å². The molecule has 8 heteroatoms. The molecule has 0 radical (unpaired) electrons. The fraction of sp³-hybridized carbons (Fsp3) is 0. The molecular weight excluding hydrogens is 529 g/mol. The second kappa shape index (κ2) is 10.6. The topological polar surface area (TPSA) is 66.2 Å². The molecule has 0 aliphatic heterocycles. The van der Waals surface area contributed by atoms with Crippen molar-refractivity contribution in [1.82, 2.24) is 9.97 Å².